The fourth-order valence-electron chi connectivity index (χ4n) is 3.25. The molecule has 1 atom stereocenters. The number of carbonyl (C=O) groups is 2. The number of Topliss-reactive ketones (excluding diaryl/α,β-unsaturated/α-hetero) is 2. The molecule has 2 aliphatic rings. The summed E-state index contributed by atoms with van der Waals surface area (Å²) in [6.45, 7) is 1.53. The minimum absolute atomic E-state index is 0.0469. The highest BCUT2D eigenvalue weighted by Crippen LogP contribution is 2.27. The van der Waals surface area contributed by atoms with Crippen molar-refractivity contribution in [3.8, 4) is 0 Å². The van der Waals surface area contributed by atoms with E-state index < -0.39 is 0 Å². The first-order valence-corrected chi connectivity index (χ1v) is 9.62. The molecule has 0 N–H and O–H groups in total. The maximum absolute atomic E-state index is 13.0. The molecule has 132 valence electrons. The number of halogens is 1. The molecular weight excluding hydrogens is 451 g/mol. The van der Waals surface area contributed by atoms with Crippen LogP contribution in [0.15, 0.2) is 77.3 Å². The van der Waals surface area contributed by atoms with E-state index >= 15 is 0 Å². The first kappa shape index (κ1) is 17.7. The normalized spacial score (nSPS) is 18.1. The van der Waals surface area contributed by atoms with Crippen molar-refractivity contribution in [2.75, 3.05) is 0 Å². The number of rotatable bonds is 4. The van der Waals surface area contributed by atoms with Crippen molar-refractivity contribution in [2.45, 2.75) is 13.0 Å². The standard InChI is InChI=1S/C22H16IN2O2/c1-14(26)18-11-21(22(27)16-7-9-17(23)10-8-16)25-13-24-19(12-20(18)25)15-5-3-2-4-6-15/h2-13,20H,1H3/q+1. The highest BCUT2D eigenvalue weighted by Gasteiger charge is 2.38. The van der Waals surface area contributed by atoms with E-state index in [1.54, 1.807) is 29.1 Å². The maximum atomic E-state index is 13.0. The van der Waals surface area contributed by atoms with Crippen molar-refractivity contribution in [1.82, 2.24) is 0 Å². The van der Waals surface area contributed by atoms with Gasteiger partial charge in [0.15, 0.2) is 23.2 Å². The summed E-state index contributed by atoms with van der Waals surface area (Å²) in [5.41, 5.74) is 3.44. The van der Waals surface area contributed by atoms with Crippen molar-refractivity contribution in [2.24, 2.45) is 4.99 Å². The topological polar surface area (TPSA) is 49.5 Å². The van der Waals surface area contributed by atoms with Gasteiger partial charge in [-0.25, -0.2) is 4.58 Å². The van der Waals surface area contributed by atoms with Crippen LogP contribution in [0.2, 0.25) is 0 Å². The van der Waals surface area contributed by atoms with Crippen LogP contribution < -0.4 is 0 Å². The second-order valence-electron chi connectivity index (χ2n) is 6.39. The first-order chi connectivity index (χ1) is 13.0. The largest absolute Gasteiger partial charge is 0.295 e. The van der Waals surface area contributed by atoms with E-state index in [2.05, 4.69) is 27.6 Å². The quantitative estimate of drug-likeness (QED) is 0.389. The molecule has 5 heteroatoms. The molecule has 0 saturated heterocycles. The predicted molar refractivity (Wildman–Crippen MR) is 114 cm³/mol. The maximum Gasteiger partial charge on any atom is 0.288 e. The molecular formula is C22H16IN2O2+. The number of ketones is 2. The molecule has 0 fully saturated rings. The van der Waals surface area contributed by atoms with Crippen molar-refractivity contribution in [1.29, 1.82) is 0 Å². The highest BCUT2D eigenvalue weighted by molar-refractivity contribution is 14.1. The van der Waals surface area contributed by atoms with E-state index in [0.29, 0.717) is 16.8 Å². The number of hydrogen-bond acceptors (Lipinski definition) is 3. The molecule has 0 aliphatic carbocycles. The molecule has 0 saturated carbocycles. The van der Waals surface area contributed by atoms with Crippen LogP contribution in [0.3, 0.4) is 0 Å². The van der Waals surface area contributed by atoms with Crippen LogP contribution in [0.25, 0.3) is 5.70 Å². The number of carbonyl (C=O) groups excluding carboxylic acids is 2. The lowest BCUT2D eigenvalue weighted by atomic mass is 10.0. The van der Waals surface area contributed by atoms with Crippen molar-refractivity contribution >= 4 is 51.9 Å². The molecule has 2 aliphatic heterocycles. The number of benzene rings is 2. The predicted octanol–water partition coefficient (Wildman–Crippen LogP) is 3.91. The Morgan fingerprint density at radius 1 is 1.04 bits per heavy atom. The molecule has 4 nitrogen and oxygen atoms in total. The van der Waals surface area contributed by atoms with E-state index in [4.69, 9.17) is 0 Å². The Kier molecular flexibility index (Phi) is 4.70. The summed E-state index contributed by atoms with van der Waals surface area (Å²) in [6.07, 6.45) is 5.29. The Morgan fingerprint density at radius 2 is 1.74 bits per heavy atom. The zero-order valence-electron chi connectivity index (χ0n) is 14.6. The van der Waals surface area contributed by atoms with E-state index in [1.807, 2.05) is 48.5 Å². The highest BCUT2D eigenvalue weighted by atomic mass is 127. The zero-order valence-corrected chi connectivity index (χ0v) is 16.8. The molecule has 2 aromatic rings. The van der Waals surface area contributed by atoms with Crippen molar-refractivity contribution in [3.05, 3.63) is 87.0 Å². The third kappa shape index (κ3) is 3.35. The number of allylic oxidation sites excluding steroid dienone is 1. The van der Waals surface area contributed by atoms with Crippen molar-refractivity contribution < 1.29 is 14.2 Å². The number of aliphatic imine (C=N–C) groups is 1. The van der Waals surface area contributed by atoms with Crippen molar-refractivity contribution in [3.63, 3.8) is 0 Å². The average Bonchev–Trinajstić information content (AvgIpc) is 3.08. The minimum Gasteiger partial charge on any atom is -0.295 e. The Balaban J connectivity index is 1.77. The summed E-state index contributed by atoms with van der Waals surface area (Å²) in [4.78, 5) is 29.7. The second kappa shape index (κ2) is 7.15. The lowest BCUT2D eigenvalue weighted by Gasteiger charge is -2.13. The monoisotopic (exact) mass is 467 g/mol. The molecule has 0 bridgehead atoms. The lowest BCUT2D eigenvalue weighted by Crippen LogP contribution is -2.31. The Hall–Kier alpha value is -2.67. The van der Waals surface area contributed by atoms with Gasteiger partial charge in [0.25, 0.3) is 6.34 Å². The van der Waals surface area contributed by atoms with Gasteiger partial charge in [-0.2, -0.15) is 0 Å². The van der Waals surface area contributed by atoms with Gasteiger partial charge in [-0.1, -0.05) is 30.3 Å². The van der Waals surface area contributed by atoms with E-state index in [1.165, 1.54) is 6.92 Å². The van der Waals surface area contributed by atoms with E-state index in [0.717, 1.165) is 14.8 Å². The van der Waals surface area contributed by atoms with E-state index in [-0.39, 0.29) is 17.6 Å². The molecule has 0 radical (unpaired) electrons. The van der Waals surface area contributed by atoms with Gasteiger partial charge in [0.05, 0.1) is 0 Å². The second-order valence-corrected chi connectivity index (χ2v) is 7.64. The molecule has 2 heterocycles. The third-order valence-electron chi connectivity index (χ3n) is 4.64. The number of hydrogen-bond donors (Lipinski definition) is 0. The van der Waals surface area contributed by atoms with Gasteiger partial charge in [0, 0.05) is 32.4 Å². The summed E-state index contributed by atoms with van der Waals surface area (Å²) in [7, 11) is 0. The Labute approximate surface area is 170 Å². The van der Waals surface area contributed by atoms with Crippen LogP contribution in [0.4, 0.5) is 0 Å². The SMILES string of the molecule is CC(=O)C1=CC(C(=O)c2ccc(I)cc2)=[N+]2C=NC(c3ccccc3)=CC12. The molecule has 1 unspecified atom stereocenters. The van der Waals surface area contributed by atoms with Gasteiger partial charge in [0.1, 0.15) is 0 Å². The van der Waals surface area contributed by atoms with Crippen LogP contribution in [0.5, 0.6) is 0 Å². The number of fused-ring (bicyclic) bond motifs is 1. The molecule has 0 amide bonds. The molecule has 0 spiro atoms. The zero-order chi connectivity index (χ0) is 19.0. The molecule has 2 aromatic carbocycles. The molecule has 4 rings (SSSR count). The molecule has 0 aromatic heterocycles. The minimum atomic E-state index is -0.307. The van der Waals surface area contributed by atoms with Gasteiger partial charge < -0.3 is 0 Å². The fraction of sp³-hybridized carbons (Fsp3) is 0.0909. The summed E-state index contributed by atoms with van der Waals surface area (Å²) < 4.78 is 2.84. The average molecular weight is 467 g/mol. The third-order valence-corrected chi connectivity index (χ3v) is 5.36. The first-order valence-electron chi connectivity index (χ1n) is 8.54. The summed E-state index contributed by atoms with van der Waals surface area (Å²) in [6, 6.07) is 16.9. The van der Waals surface area contributed by atoms with E-state index in [9.17, 15) is 9.59 Å². The lowest BCUT2D eigenvalue weighted by molar-refractivity contribution is -0.413. The van der Waals surface area contributed by atoms with Crippen LogP contribution in [0.1, 0.15) is 22.8 Å². The van der Waals surface area contributed by atoms with Gasteiger partial charge in [-0.05, 0) is 58.8 Å². The van der Waals surface area contributed by atoms with Crippen LogP contribution in [0, 0.1) is 3.57 Å². The Morgan fingerprint density at radius 3 is 2.41 bits per heavy atom. The summed E-state index contributed by atoms with van der Waals surface area (Å²) in [5, 5.41) is 0. The van der Waals surface area contributed by atoms with Gasteiger partial charge >= 0.3 is 0 Å². The van der Waals surface area contributed by atoms with Crippen LogP contribution in [-0.2, 0) is 4.79 Å². The van der Waals surface area contributed by atoms with Gasteiger partial charge in [0.2, 0.25) is 5.78 Å². The fourth-order valence-corrected chi connectivity index (χ4v) is 3.61. The van der Waals surface area contributed by atoms with Gasteiger partial charge in [-0.15, -0.1) is 0 Å². The van der Waals surface area contributed by atoms with Crippen LogP contribution in [-0.4, -0.2) is 34.2 Å². The summed E-state index contributed by atoms with van der Waals surface area (Å²) in [5.74, 6) is -0.162. The summed E-state index contributed by atoms with van der Waals surface area (Å²) >= 11 is 2.20. The Bertz CT molecular complexity index is 1060. The van der Waals surface area contributed by atoms with Crippen LogP contribution >= 0.6 is 22.6 Å². The molecule has 27 heavy (non-hydrogen) atoms. The van der Waals surface area contributed by atoms with Gasteiger partial charge in [-0.3, -0.25) is 9.59 Å². The smallest absolute Gasteiger partial charge is 0.288 e. The number of nitrogens with zero attached hydrogens (tertiary/aromatic N) is 2.